The highest BCUT2D eigenvalue weighted by Gasteiger charge is 2.28. The minimum atomic E-state index is -0.634. The number of carbonyl (C=O) groups is 3. The Morgan fingerprint density at radius 3 is 2.61 bits per heavy atom. The topological polar surface area (TPSA) is 180 Å². The molecule has 2 atom stereocenters. The molecule has 2 saturated heterocycles. The van der Waals surface area contributed by atoms with Crippen molar-refractivity contribution in [3.05, 3.63) is 55.9 Å². The van der Waals surface area contributed by atoms with Crippen LogP contribution < -0.4 is 27.2 Å². The number of hydrogen-bond acceptors (Lipinski definition) is 10. The van der Waals surface area contributed by atoms with Gasteiger partial charge in [-0.05, 0) is 53.1 Å². The predicted molar refractivity (Wildman–Crippen MR) is 167 cm³/mol. The number of esters is 1. The zero-order valence-electron chi connectivity index (χ0n) is 24.0. The first kappa shape index (κ1) is 33.2. The van der Waals surface area contributed by atoms with Crippen LogP contribution in [0, 0.1) is 0 Å². The van der Waals surface area contributed by atoms with Crippen LogP contribution in [0.5, 0.6) is 0 Å². The van der Waals surface area contributed by atoms with Crippen LogP contribution in [0.2, 0.25) is 0 Å². The molecule has 15 nitrogen and oxygen atoms in total. The maximum Gasteiger partial charge on any atom is 0.330 e. The minimum absolute atomic E-state index is 0.0309. The van der Waals surface area contributed by atoms with Crippen molar-refractivity contribution in [3.63, 3.8) is 0 Å². The van der Waals surface area contributed by atoms with Gasteiger partial charge < -0.3 is 30.3 Å². The molecule has 0 bridgehead atoms. The van der Waals surface area contributed by atoms with Gasteiger partial charge in [-0.1, -0.05) is 0 Å². The van der Waals surface area contributed by atoms with Crippen LogP contribution in [0.25, 0.3) is 0 Å². The fourth-order valence-corrected chi connectivity index (χ4v) is 5.14. The number of nitrogens with one attached hydrogen (secondary N) is 4. The van der Waals surface area contributed by atoms with Gasteiger partial charge in [0.2, 0.25) is 11.8 Å². The summed E-state index contributed by atoms with van der Waals surface area (Å²) in [6.07, 6.45) is 3.16. The van der Waals surface area contributed by atoms with E-state index in [1.165, 1.54) is 16.8 Å². The summed E-state index contributed by atoms with van der Waals surface area (Å²) in [6.45, 7) is 3.62. The summed E-state index contributed by atoms with van der Waals surface area (Å²) in [6, 6.07) is 4.92. The second kappa shape index (κ2) is 16.4. The van der Waals surface area contributed by atoms with E-state index >= 15 is 0 Å². The van der Waals surface area contributed by atoms with Crippen LogP contribution in [0.1, 0.15) is 31.9 Å². The molecule has 2 aromatic heterocycles. The highest BCUT2D eigenvalue weighted by atomic mass is 79.9. The number of pyridine rings is 1. The van der Waals surface area contributed by atoms with Gasteiger partial charge in [0.15, 0.2) is 5.11 Å². The summed E-state index contributed by atoms with van der Waals surface area (Å²) >= 11 is 8.65. The molecule has 4 heterocycles. The number of aromatic nitrogens is 3. The predicted octanol–water partition coefficient (Wildman–Crippen LogP) is -0.0579. The van der Waals surface area contributed by atoms with E-state index in [4.69, 9.17) is 21.7 Å². The van der Waals surface area contributed by atoms with Gasteiger partial charge in [-0.2, -0.15) is 0 Å². The summed E-state index contributed by atoms with van der Waals surface area (Å²) < 4.78 is 13.1. The van der Waals surface area contributed by atoms with Gasteiger partial charge >= 0.3 is 11.7 Å². The molecule has 4 rings (SSSR count). The van der Waals surface area contributed by atoms with Gasteiger partial charge in [0.1, 0.15) is 25.2 Å². The molecule has 2 aliphatic heterocycles. The zero-order valence-corrected chi connectivity index (χ0v) is 26.4. The number of nitrogens with zero attached hydrogens (tertiary/aromatic N) is 4. The number of amides is 2. The van der Waals surface area contributed by atoms with Crippen molar-refractivity contribution in [3.8, 4) is 0 Å². The van der Waals surface area contributed by atoms with Crippen LogP contribution in [-0.4, -0.2) is 106 Å². The lowest BCUT2D eigenvalue weighted by Crippen LogP contribution is -2.50. The number of carbonyl (C=O) groups excluding carboxylic acids is 3. The van der Waals surface area contributed by atoms with Crippen LogP contribution >= 0.6 is 28.1 Å². The molecular weight excluding hydrogens is 660 g/mol. The number of anilines is 1. The zero-order chi connectivity index (χ0) is 31.5. The van der Waals surface area contributed by atoms with E-state index in [0.717, 1.165) is 11.0 Å². The monoisotopic (exact) mass is 694 g/mol. The van der Waals surface area contributed by atoms with E-state index < -0.39 is 35.5 Å². The number of halogens is 1. The number of rotatable bonds is 12. The third kappa shape index (κ3) is 10.5. The first-order chi connectivity index (χ1) is 21.2. The maximum atomic E-state index is 12.6. The van der Waals surface area contributed by atoms with E-state index in [2.05, 4.69) is 46.7 Å². The highest BCUT2D eigenvalue weighted by Crippen LogP contribution is 2.26. The molecule has 0 aromatic carbocycles. The van der Waals surface area contributed by atoms with Crippen molar-refractivity contribution in [2.75, 3.05) is 57.7 Å². The Morgan fingerprint density at radius 1 is 1.09 bits per heavy atom. The van der Waals surface area contributed by atoms with Gasteiger partial charge in [0.25, 0.3) is 5.56 Å². The lowest BCUT2D eigenvalue weighted by atomic mass is 10.2. The number of thiocarbonyl (C=S) groups is 1. The summed E-state index contributed by atoms with van der Waals surface area (Å²) in [5.41, 5.74) is -1.07. The molecule has 0 unspecified atom stereocenters. The van der Waals surface area contributed by atoms with Crippen molar-refractivity contribution in [1.82, 2.24) is 35.0 Å². The molecule has 2 aliphatic rings. The fourth-order valence-electron chi connectivity index (χ4n) is 4.70. The van der Waals surface area contributed by atoms with Crippen molar-refractivity contribution < 1.29 is 23.9 Å². The Bertz CT molecular complexity index is 1430. The standard InChI is InChI=1S/C27H35BrN8O7S/c28-18-1-3-20(30-15-18)32-26(44)29-8-10-34-11-13-35(14-12-34)23(39)5-4-21(37)31-16-25(40)42-17-19-2-6-24(43-19)36-9-7-22(38)33-27(36)41/h1,3,7,9,15,19,24H,2,4-6,8,10-14,16-17H2,(H,31,37)(H,33,38,41)(H2,29,30,32,44)/t19-,24+/m0/s1. The van der Waals surface area contributed by atoms with E-state index in [9.17, 15) is 24.0 Å². The number of piperazine rings is 1. The molecule has 0 aliphatic carbocycles. The van der Waals surface area contributed by atoms with E-state index in [1.807, 2.05) is 12.1 Å². The summed E-state index contributed by atoms with van der Waals surface area (Å²) in [5.74, 6) is -0.508. The fraction of sp³-hybridized carbons (Fsp3) is 0.519. The molecule has 2 aromatic rings. The second-order valence-electron chi connectivity index (χ2n) is 10.2. The van der Waals surface area contributed by atoms with Crippen molar-refractivity contribution in [2.24, 2.45) is 0 Å². The molecular formula is C27H35BrN8O7S. The normalized spacial score (nSPS) is 18.4. The van der Waals surface area contributed by atoms with Crippen molar-refractivity contribution in [1.29, 1.82) is 0 Å². The molecule has 17 heteroatoms. The van der Waals surface area contributed by atoms with Crippen LogP contribution in [0.15, 0.2) is 44.7 Å². The average molecular weight is 696 g/mol. The molecule has 238 valence electrons. The summed E-state index contributed by atoms with van der Waals surface area (Å²) in [4.78, 5) is 70.4. The summed E-state index contributed by atoms with van der Waals surface area (Å²) in [7, 11) is 0. The number of H-pyrrole nitrogens is 1. The first-order valence-corrected chi connectivity index (χ1v) is 15.4. The third-order valence-corrected chi connectivity index (χ3v) is 7.80. The Balaban J connectivity index is 1.03. The average Bonchev–Trinajstić information content (AvgIpc) is 3.48. The third-order valence-electron chi connectivity index (χ3n) is 7.08. The van der Waals surface area contributed by atoms with Gasteiger partial charge in [0, 0.05) is 75.0 Å². The van der Waals surface area contributed by atoms with Gasteiger partial charge in [-0.15, -0.1) is 0 Å². The molecule has 0 radical (unpaired) electrons. The largest absolute Gasteiger partial charge is 0.462 e. The lowest BCUT2D eigenvalue weighted by molar-refractivity contribution is -0.148. The quantitative estimate of drug-likeness (QED) is 0.172. The Kier molecular flexibility index (Phi) is 12.4. The molecule has 0 spiro atoms. The van der Waals surface area contributed by atoms with Crippen molar-refractivity contribution in [2.45, 2.75) is 38.0 Å². The maximum absolute atomic E-state index is 12.6. The van der Waals surface area contributed by atoms with Crippen LogP contribution in [0.4, 0.5) is 5.82 Å². The highest BCUT2D eigenvalue weighted by molar-refractivity contribution is 9.10. The van der Waals surface area contributed by atoms with Crippen LogP contribution in [-0.2, 0) is 23.9 Å². The van der Waals surface area contributed by atoms with Gasteiger partial charge in [0.05, 0.1) is 6.10 Å². The van der Waals surface area contributed by atoms with Gasteiger partial charge in [-0.3, -0.25) is 33.6 Å². The lowest BCUT2D eigenvalue weighted by Gasteiger charge is -2.34. The number of ether oxygens (including phenoxy) is 2. The Hall–Kier alpha value is -3.67. The molecule has 44 heavy (non-hydrogen) atoms. The SMILES string of the molecule is O=C(CCC(=O)N1CCN(CCNC(=S)Nc2ccc(Br)cn2)CC1)NCC(=O)OC[C@@H]1CC[C@H](n2ccc(=O)[nH]c2=O)O1. The van der Waals surface area contributed by atoms with Crippen molar-refractivity contribution >= 4 is 56.9 Å². The Morgan fingerprint density at radius 2 is 1.89 bits per heavy atom. The van der Waals surface area contributed by atoms with E-state index in [-0.39, 0.29) is 31.9 Å². The molecule has 2 amide bonds. The Labute approximate surface area is 266 Å². The second-order valence-corrected chi connectivity index (χ2v) is 11.6. The van der Waals surface area contributed by atoms with Crippen LogP contribution in [0.3, 0.4) is 0 Å². The smallest absolute Gasteiger partial charge is 0.330 e. The van der Waals surface area contributed by atoms with Gasteiger partial charge in [-0.25, -0.2) is 9.78 Å². The van der Waals surface area contributed by atoms with E-state index in [0.29, 0.717) is 56.5 Å². The summed E-state index contributed by atoms with van der Waals surface area (Å²) in [5, 5.41) is 9.15. The number of hydrogen-bond donors (Lipinski definition) is 4. The number of aromatic amines is 1. The molecule has 0 saturated carbocycles. The molecule has 2 fully saturated rings. The first-order valence-electron chi connectivity index (χ1n) is 14.2. The van der Waals surface area contributed by atoms with E-state index in [1.54, 1.807) is 11.1 Å². The minimum Gasteiger partial charge on any atom is -0.462 e. The molecule has 4 N–H and O–H groups in total.